The minimum absolute atomic E-state index is 0.138. The van der Waals surface area contributed by atoms with Gasteiger partial charge in [-0.25, -0.2) is 0 Å². The molecule has 0 saturated carbocycles. The summed E-state index contributed by atoms with van der Waals surface area (Å²) >= 11 is 0. The topological polar surface area (TPSA) is 89.9 Å². The van der Waals surface area contributed by atoms with Crippen LogP contribution in [0.1, 0.15) is 38.5 Å². The van der Waals surface area contributed by atoms with E-state index in [0.29, 0.717) is 32.5 Å². The third-order valence-electron chi connectivity index (χ3n) is 4.34. The number of carboxylic acids is 1. The lowest BCUT2D eigenvalue weighted by Crippen LogP contribution is -2.49. The Balaban J connectivity index is 1.64. The number of hydrogen-bond donors (Lipinski definition) is 2. The van der Waals surface area contributed by atoms with Gasteiger partial charge < -0.3 is 15.3 Å². The van der Waals surface area contributed by atoms with E-state index in [9.17, 15) is 19.5 Å². The Morgan fingerprint density at radius 2 is 2.05 bits per heavy atom. The second-order valence-electron chi connectivity index (χ2n) is 6.01. The molecular formula is C15H25N3O4. The zero-order valence-corrected chi connectivity index (χ0v) is 12.9. The second kappa shape index (κ2) is 8.12. The van der Waals surface area contributed by atoms with Gasteiger partial charge in [0.15, 0.2) is 0 Å². The van der Waals surface area contributed by atoms with Gasteiger partial charge >= 0.3 is 5.97 Å². The summed E-state index contributed by atoms with van der Waals surface area (Å²) in [5.74, 6) is -0.787. The van der Waals surface area contributed by atoms with Crippen LogP contribution in [0.4, 0.5) is 0 Å². The highest BCUT2D eigenvalue weighted by Gasteiger charge is 2.29. The molecule has 2 rings (SSSR count). The Bertz CT molecular complexity index is 427. The van der Waals surface area contributed by atoms with E-state index in [1.54, 1.807) is 4.90 Å². The van der Waals surface area contributed by atoms with Crippen molar-refractivity contribution in [1.82, 2.24) is 15.1 Å². The number of piperidine rings is 1. The lowest BCUT2D eigenvalue weighted by atomic mass is 10.0. The first kappa shape index (κ1) is 16.7. The van der Waals surface area contributed by atoms with Gasteiger partial charge in [0.05, 0.1) is 6.54 Å². The van der Waals surface area contributed by atoms with E-state index in [4.69, 9.17) is 0 Å². The van der Waals surface area contributed by atoms with Crippen molar-refractivity contribution >= 4 is 17.8 Å². The molecule has 22 heavy (non-hydrogen) atoms. The third kappa shape index (κ3) is 4.69. The number of nitrogens with one attached hydrogen (secondary N) is 1. The van der Waals surface area contributed by atoms with Crippen LogP contribution in [-0.4, -0.2) is 71.5 Å². The zero-order valence-electron chi connectivity index (χ0n) is 12.9. The molecular weight excluding hydrogens is 286 g/mol. The summed E-state index contributed by atoms with van der Waals surface area (Å²) in [6.07, 6.45) is 4.75. The Kier molecular flexibility index (Phi) is 6.18. The van der Waals surface area contributed by atoms with Crippen LogP contribution in [0.15, 0.2) is 0 Å². The Hall–Kier alpha value is -1.63. The Morgan fingerprint density at radius 3 is 2.73 bits per heavy atom. The number of likely N-dealkylation sites (tertiary alicyclic amines) is 2. The summed E-state index contributed by atoms with van der Waals surface area (Å²) in [6, 6.07) is -0.540. The Morgan fingerprint density at radius 1 is 1.23 bits per heavy atom. The predicted octanol–water partition coefficient (Wildman–Crippen LogP) is 0.0542. The first-order chi connectivity index (χ1) is 10.6. The molecule has 2 aliphatic heterocycles. The van der Waals surface area contributed by atoms with Crippen molar-refractivity contribution < 1.29 is 19.5 Å². The average Bonchev–Trinajstić information content (AvgIpc) is 2.89. The molecule has 0 aliphatic carbocycles. The van der Waals surface area contributed by atoms with E-state index in [1.165, 1.54) is 0 Å². The lowest BCUT2D eigenvalue weighted by molar-refractivity contribution is -0.145. The van der Waals surface area contributed by atoms with Crippen LogP contribution in [0.3, 0.4) is 0 Å². The largest absolute Gasteiger partial charge is 0.480 e. The monoisotopic (exact) mass is 311 g/mol. The number of carboxylic acid groups (broad SMARTS) is 1. The molecule has 2 fully saturated rings. The van der Waals surface area contributed by atoms with Crippen LogP contribution in [0.25, 0.3) is 0 Å². The maximum Gasteiger partial charge on any atom is 0.320 e. The summed E-state index contributed by atoms with van der Waals surface area (Å²) in [7, 11) is 0. The van der Waals surface area contributed by atoms with Crippen LogP contribution < -0.4 is 5.32 Å². The third-order valence-corrected chi connectivity index (χ3v) is 4.34. The van der Waals surface area contributed by atoms with Gasteiger partial charge in [0.2, 0.25) is 11.8 Å². The summed E-state index contributed by atoms with van der Waals surface area (Å²) in [6.45, 7) is 2.82. The average molecular weight is 311 g/mol. The molecule has 2 amide bonds. The van der Waals surface area contributed by atoms with Crippen molar-refractivity contribution in [2.24, 2.45) is 0 Å². The number of nitrogens with zero attached hydrogens (tertiary/aromatic N) is 2. The number of aliphatic carboxylic acids is 1. The van der Waals surface area contributed by atoms with Gasteiger partial charge in [-0.1, -0.05) is 6.42 Å². The quantitative estimate of drug-likeness (QED) is 0.649. The predicted molar refractivity (Wildman–Crippen MR) is 80.3 cm³/mol. The van der Waals surface area contributed by atoms with Gasteiger partial charge in [0.25, 0.3) is 0 Å². The maximum absolute atomic E-state index is 11.9. The van der Waals surface area contributed by atoms with Crippen molar-refractivity contribution in [3.8, 4) is 0 Å². The number of carbonyl (C=O) groups is 3. The van der Waals surface area contributed by atoms with E-state index in [-0.39, 0.29) is 18.4 Å². The second-order valence-corrected chi connectivity index (χ2v) is 6.01. The SMILES string of the molecule is O=C(CN1CCCCC1C(=O)O)NCCCN1CCCC1=O. The van der Waals surface area contributed by atoms with Gasteiger partial charge in [-0.05, 0) is 32.2 Å². The fourth-order valence-corrected chi connectivity index (χ4v) is 3.14. The summed E-state index contributed by atoms with van der Waals surface area (Å²) in [5.41, 5.74) is 0. The van der Waals surface area contributed by atoms with Gasteiger partial charge in [-0.15, -0.1) is 0 Å². The minimum Gasteiger partial charge on any atom is -0.480 e. The van der Waals surface area contributed by atoms with E-state index in [2.05, 4.69) is 5.32 Å². The number of carbonyl (C=O) groups excluding carboxylic acids is 2. The van der Waals surface area contributed by atoms with Crippen molar-refractivity contribution in [3.05, 3.63) is 0 Å². The van der Waals surface area contributed by atoms with Gasteiger partial charge in [0, 0.05) is 26.1 Å². The number of rotatable bonds is 7. The highest BCUT2D eigenvalue weighted by Crippen LogP contribution is 2.16. The smallest absolute Gasteiger partial charge is 0.320 e. The molecule has 2 N–H and O–H groups in total. The van der Waals surface area contributed by atoms with E-state index >= 15 is 0 Å². The molecule has 0 radical (unpaired) electrons. The zero-order chi connectivity index (χ0) is 15.9. The van der Waals surface area contributed by atoms with E-state index in [1.807, 2.05) is 4.90 Å². The standard InChI is InChI=1S/C15H25N3O4/c19-13(11-18-8-2-1-5-12(18)15(21)22)16-7-4-10-17-9-3-6-14(17)20/h12H,1-11H2,(H,16,19)(H,21,22). The van der Waals surface area contributed by atoms with E-state index in [0.717, 1.165) is 32.2 Å². The molecule has 7 heteroatoms. The van der Waals surface area contributed by atoms with Crippen molar-refractivity contribution in [2.75, 3.05) is 32.7 Å². The maximum atomic E-state index is 11.9. The molecule has 0 aromatic carbocycles. The molecule has 124 valence electrons. The normalized spacial score (nSPS) is 22.8. The molecule has 0 bridgehead atoms. The van der Waals surface area contributed by atoms with Crippen molar-refractivity contribution in [1.29, 1.82) is 0 Å². The minimum atomic E-state index is -0.847. The van der Waals surface area contributed by atoms with Gasteiger partial charge in [-0.2, -0.15) is 0 Å². The summed E-state index contributed by atoms with van der Waals surface area (Å²) in [5, 5.41) is 12.0. The van der Waals surface area contributed by atoms with E-state index < -0.39 is 12.0 Å². The van der Waals surface area contributed by atoms with Crippen LogP contribution >= 0.6 is 0 Å². The molecule has 1 atom stereocenters. The molecule has 2 saturated heterocycles. The molecule has 0 aromatic heterocycles. The number of amides is 2. The molecule has 1 unspecified atom stereocenters. The van der Waals surface area contributed by atoms with Crippen LogP contribution in [0, 0.1) is 0 Å². The highest BCUT2D eigenvalue weighted by atomic mass is 16.4. The molecule has 2 heterocycles. The molecule has 7 nitrogen and oxygen atoms in total. The van der Waals surface area contributed by atoms with Crippen LogP contribution in [0.5, 0.6) is 0 Å². The summed E-state index contributed by atoms with van der Waals surface area (Å²) in [4.78, 5) is 38.1. The van der Waals surface area contributed by atoms with Gasteiger partial charge in [-0.3, -0.25) is 19.3 Å². The first-order valence-corrected chi connectivity index (χ1v) is 8.09. The first-order valence-electron chi connectivity index (χ1n) is 8.09. The van der Waals surface area contributed by atoms with Crippen LogP contribution in [0.2, 0.25) is 0 Å². The number of hydrogen-bond acceptors (Lipinski definition) is 4. The highest BCUT2D eigenvalue weighted by molar-refractivity contribution is 5.80. The summed E-state index contributed by atoms with van der Waals surface area (Å²) < 4.78 is 0. The van der Waals surface area contributed by atoms with Gasteiger partial charge in [0.1, 0.15) is 6.04 Å². The molecule has 2 aliphatic rings. The fraction of sp³-hybridized carbons (Fsp3) is 0.800. The van der Waals surface area contributed by atoms with Crippen molar-refractivity contribution in [2.45, 2.75) is 44.6 Å². The van der Waals surface area contributed by atoms with Crippen molar-refractivity contribution in [3.63, 3.8) is 0 Å². The Labute approximate surface area is 130 Å². The lowest BCUT2D eigenvalue weighted by Gasteiger charge is -2.32. The molecule has 0 aromatic rings. The molecule has 0 spiro atoms. The fourth-order valence-electron chi connectivity index (χ4n) is 3.14. The van der Waals surface area contributed by atoms with Crippen LogP contribution in [-0.2, 0) is 14.4 Å².